The second-order valence-electron chi connectivity index (χ2n) is 10.0. The summed E-state index contributed by atoms with van der Waals surface area (Å²) in [6.07, 6.45) is 4.02. The molecule has 10 heteroatoms. The van der Waals surface area contributed by atoms with Gasteiger partial charge in [0.05, 0.1) is 56.4 Å². The van der Waals surface area contributed by atoms with Gasteiger partial charge in [-0.15, -0.1) is 0 Å². The van der Waals surface area contributed by atoms with Crippen molar-refractivity contribution in [1.82, 2.24) is 19.7 Å². The predicted octanol–water partition coefficient (Wildman–Crippen LogP) is 5.45. The van der Waals surface area contributed by atoms with Gasteiger partial charge in [-0.3, -0.25) is 14.8 Å². The first kappa shape index (κ1) is 27.7. The highest BCUT2D eigenvalue weighted by Gasteiger charge is 2.24. The molecule has 1 aromatic carbocycles. The molecule has 10 nitrogen and oxygen atoms in total. The minimum atomic E-state index is -0.290. The standard InChI is InChI=1S/C29H35N5O5/c1-9-20-17(2)28(34(33-20)29(3,4)5)32-27(35)15-22-24(36-6)12-18(16-31-22)39-23-10-11-30-21-14-26(38-8)25(37-7)13-19(21)23/h10-14,16H,9,15H2,1-8H3,(H,32,35). The molecule has 4 rings (SSSR count). The van der Waals surface area contributed by atoms with Crippen LogP contribution in [-0.4, -0.2) is 47.0 Å². The molecule has 4 aromatic rings. The second-order valence-corrected chi connectivity index (χ2v) is 10.0. The molecule has 0 aliphatic heterocycles. The number of anilines is 1. The fraction of sp³-hybridized carbons (Fsp3) is 0.379. The van der Waals surface area contributed by atoms with Gasteiger partial charge in [-0.1, -0.05) is 6.92 Å². The number of nitrogens with one attached hydrogen (secondary N) is 1. The zero-order valence-corrected chi connectivity index (χ0v) is 23.7. The summed E-state index contributed by atoms with van der Waals surface area (Å²) in [5, 5.41) is 8.50. The first-order valence-electron chi connectivity index (χ1n) is 12.7. The number of benzene rings is 1. The number of aromatic nitrogens is 4. The van der Waals surface area contributed by atoms with Gasteiger partial charge in [0.2, 0.25) is 5.91 Å². The van der Waals surface area contributed by atoms with E-state index in [1.54, 1.807) is 44.8 Å². The maximum atomic E-state index is 13.1. The van der Waals surface area contributed by atoms with Gasteiger partial charge in [-0.2, -0.15) is 5.10 Å². The molecule has 206 valence electrons. The van der Waals surface area contributed by atoms with Crippen molar-refractivity contribution >= 4 is 22.6 Å². The van der Waals surface area contributed by atoms with Crippen molar-refractivity contribution in [3.8, 4) is 28.7 Å². The fourth-order valence-electron chi connectivity index (χ4n) is 4.32. The van der Waals surface area contributed by atoms with E-state index in [1.165, 1.54) is 7.11 Å². The van der Waals surface area contributed by atoms with Gasteiger partial charge in [0, 0.05) is 29.3 Å². The summed E-state index contributed by atoms with van der Waals surface area (Å²) in [5.41, 5.74) is 2.81. The number of methoxy groups -OCH3 is 3. The second kappa shape index (κ2) is 11.2. The average molecular weight is 534 g/mol. The lowest BCUT2D eigenvalue weighted by atomic mass is 10.1. The Kier molecular flexibility index (Phi) is 7.94. The topological polar surface area (TPSA) is 110 Å². The molecule has 3 heterocycles. The van der Waals surface area contributed by atoms with Gasteiger partial charge < -0.3 is 24.3 Å². The van der Waals surface area contributed by atoms with Crippen LogP contribution >= 0.6 is 0 Å². The maximum Gasteiger partial charge on any atom is 0.231 e. The number of aryl methyl sites for hydroxylation is 1. The van der Waals surface area contributed by atoms with E-state index in [2.05, 4.69) is 43.0 Å². The van der Waals surface area contributed by atoms with Crippen molar-refractivity contribution in [2.75, 3.05) is 26.6 Å². The van der Waals surface area contributed by atoms with Crippen LogP contribution in [0.4, 0.5) is 5.82 Å². The lowest BCUT2D eigenvalue weighted by Gasteiger charge is -2.23. The SMILES string of the molecule is CCc1nn(C(C)(C)C)c(NC(=O)Cc2ncc(Oc3ccnc4cc(OC)c(OC)cc34)cc2OC)c1C. The highest BCUT2D eigenvalue weighted by molar-refractivity contribution is 5.92. The zero-order chi connectivity index (χ0) is 28.3. The van der Waals surface area contributed by atoms with Crippen molar-refractivity contribution in [1.29, 1.82) is 0 Å². The molecule has 39 heavy (non-hydrogen) atoms. The zero-order valence-electron chi connectivity index (χ0n) is 23.7. The number of ether oxygens (including phenoxy) is 4. The number of rotatable bonds is 9. The first-order chi connectivity index (χ1) is 18.6. The van der Waals surface area contributed by atoms with E-state index in [0.29, 0.717) is 45.8 Å². The van der Waals surface area contributed by atoms with E-state index >= 15 is 0 Å². The van der Waals surface area contributed by atoms with Crippen LogP contribution in [0.5, 0.6) is 28.7 Å². The number of hydrogen-bond donors (Lipinski definition) is 1. The summed E-state index contributed by atoms with van der Waals surface area (Å²) in [6, 6.07) is 7.07. The molecule has 0 fully saturated rings. The summed E-state index contributed by atoms with van der Waals surface area (Å²) >= 11 is 0. The summed E-state index contributed by atoms with van der Waals surface area (Å²) in [6.45, 7) is 10.2. The third-order valence-corrected chi connectivity index (χ3v) is 6.34. The van der Waals surface area contributed by atoms with Gasteiger partial charge >= 0.3 is 0 Å². The molecular formula is C29H35N5O5. The molecule has 1 N–H and O–H groups in total. The van der Waals surface area contributed by atoms with Crippen LogP contribution in [0.15, 0.2) is 36.7 Å². The van der Waals surface area contributed by atoms with Crippen LogP contribution in [-0.2, 0) is 23.2 Å². The molecule has 3 aromatic heterocycles. The minimum absolute atomic E-state index is 0.0227. The first-order valence-corrected chi connectivity index (χ1v) is 12.7. The Morgan fingerprint density at radius 1 is 0.949 bits per heavy atom. The minimum Gasteiger partial charge on any atom is -0.495 e. The Hall–Kier alpha value is -4.34. The van der Waals surface area contributed by atoms with Crippen LogP contribution in [0.1, 0.15) is 44.6 Å². The predicted molar refractivity (Wildman–Crippen MR) is 149 cm³/mol. The van der Waals surface area contributed by atoms with E-state index in [4.69, 9.17) is 24.0 Å². The number of hydrogen-bond acceptors (Lipinski definition) is 8. The van der Waals surface area contributed by atoms with Gasteiger partial charge in [-0.05, 0) is 46.2 Å². The average Bonchev–Trinajstić information content (AvgIpc) is 3.24. The highest BCUT2D eigenvalue weighted by Crippen LogP contribution is 2.37. The van der Waals surface area contributed by atoms with Crippen molar-refractivity contribution in [3.05, 3.63) is 53.6 Å². The molecule has 1 amide bonds. The Morgan fingerprint density at radius 2 is 1.64 bits per heavy atom. The molecule has 0 saturated heterocycles. The van der Waals surface area contributed by atoms with E-state index in [9.17, 15) is 4.79 Å². The quantitative estimate of drug-likeness (QED) is 0.302. The van der Waals surface area contributed by atoms with Crippen LogP contribution in [0.3, 0.4) is 0 Å². The Labute approximate surface area is 228 Å². The molecule has 0 saturated carbocycles. The van der Waals surface area contributed by atoms with Crippen LogP contribution in [0.25, 0.3) is 10.9 Å². The van der Waals surface area contributed by atoms with Crippen LogP contribution in [0.2, 0.25) is 0 Å². The third-order valence-electron chi connectivity index (χ3n) is 6.34. The van der Waals surface area contributed by atoms with Crippen molar-refractivity contribution in [2.24, 2.45) is 0 Å². The van der Waals surface area contributed by atoms with E-state index in [0.717, 1.165) is 23.1 Å². The smallest absolute Gasteiger partial charge is 0.231 e. The number of carbonyl (C=O) groups is 1. The van der Waals surface area contributed by atoms with Crippen molar-refractivity contribution in [3.63, 3.8) is 0 Å². The lowest BCUT2D eigenvalue weighted by molar-refractivity contribution is -0.115. The molecule has 0 spiro atoms. The fourth-order valence-corrected chi connectivity index (χ4v) is 4.32. The van der Waals surface area contributed by atoms with Crippen LogP contribution < -0.4 is 24.3 Å². The molecule has 0 unspecified atom stereocenters. The Balaban J connectivity index is 1.57. The maximum absolute atomic E-state index is 13.1. The summed E-state index contributed by atoms with van der Waals surface area (Å²) < 4.78 is 24.4. The summed E-state index contributed by atoms with van der Waals surface area (Å²) in [7, 11) is 4.69. The van der Waals surface area contributed by atoms with Crippen molar-refractivity contribution < 1.29 is 23.7 Å². The molecule has 0 aliphatic rings. The van der Waals surface area contributed by atoms with Gasteiger partial charge in [0.1, 0.15) is 23.1 Å². The third kappa shape index (κ3) is 5.74. The molecule has 0 bridgehead atoms. The summed E-state index contributed by atoms with van der Waals surface area (Å²) in [5.74, 6) is 3.07. The number of fused-ring (bicyclic) bond motifs is 1. The monoisotopic (exact) mass is 533 g/mol. The van der Waals surface area contributed by atoms with E-state index in [-0.39, 0.29) is 17.9 Å². The number of nitrogens with zero attached hydrogens (tertiary/aromatic N) is 4. The normalized spacial score (nSPS) is 11.4. The van der Waals surface area contributed by atoms with Gasteiger partial charge in [-0.25, -0.2) is 4.68 Å². The summed E-state index contributed by atoms with van der Waals surface area (Å²) in [4.78, 5) is 22.0. The molecular weight excluding hydrogens is 498 g/mol. The van der Waals surface area contributed by atoms with Crippen molar-refractivity contribution in [2.45, 2.75) is 53.0 Å². The van der Waals surface area contributed by atoms with Crippen LogP contribution in [0, 0.1) is 6.92 Å². The largest absolute Gasteiger partial charge is 0.495 e. The van der Waals surface area contributed by atoms with E-state index in [1.807, 2.05) is 17.7 Å². The number of amides is 1. The Morgan fingerprint density at radius 3 is 2.28 bits per heavy atom. The highest BCUT2D eigenvalue weighted by atomic mass is 16.5. The number of carbonyl (C=O) groups excluding carboxylic acids is 1. The van der Waals surface area contributed by atoms with E-state index < -0.39 is 0 Å². The lowest BCUT2D eigenvalue weighted by Crippen LogP contribution is -2.27. The van der Waals surface area contributed by atoms with Gasteiger partial charge in [0.25, 0.3) is 0 Å². The molecule has 0 radical (unpaired) electrons. The molecule has 0 aliphatic carbocycles. The molecule has 0 atom stereocenters. The van der Waals surface area contributed by atoms with Gasteiger partial charge in [0.15, 0.2) is 11.5 Å². The number of pyridine rings is 2. The Bertz CT molecular complexity index is 1510.